The molecule has 2 fully saturated rings. The number of carbonyl (C=O) groups is 2. The van der Waals surface area contributed by atoms with Gasteiger partial charge in [0.2, 0.25) is 0 Å². The van der Waals surface area contributed by atoms with Crippen LogP contribution in [-0.2, 0) is 14.3 Å². The second kappa shape index (κ2) is 9.21. The van der Waals surface area contributed by atoms with Crippen molar-refractivity contribution in [2.45, 2.75) is 45.2 Å². The smallest absolute Gasteiger partial charge is 0.338 e. The van der Waals surface area contributed by atoms with Gasteiger partial charge in [0.05, 0.1) is 23.7 Å². The molecule has 1 aromatic rings. The molecule has 0 spiro atoms. The number of hydrogen-bond donors (Lipinski definition) is 0. The van der Waals surface area contributed by atoms with Gasteiger partial charge in [0.25, 0.3) is 11.6 Å². The first-order valence-electron chi connectivity index (χ1n) is 9.98. The number of rotatable bonds is 5. The van der Waals surface area contributed by atoms with Gasteiger partial charge in [0.1, 0.15) is 5.69 Å². The Kier molecular flexibility index (Phi) is 6.68. The third kappa shape index (κ3) is 4.84. The Labute approximate surface area is 169 Å². The zero-order valence-corrected chi connectivity index (χ0v) is 16.8. The van der Waals surface area contributed by atoms with Crippen LogP contribution < -0.4 is 4.90 Å². The molecule has 1 amide bonds. The van der Waals surface area contributed by atoms with Gasteiger partial charge < -0.3 is 19.3 Å². The van der Waals surface area contributed by atoms with Crippen LogP contribution in [0.25, 0.3) is 0 Å². The van der Waals surface area contributed by atoms with Gasteiger partial charge in [-0.05, 0) is 45.2 Å². The summed E-state index contributed by atoms with van der Waals surface area (Å²) in [6.07, 6.45) is 2.93. The summed E-state index contributed by atoms with van der Waals surface area (Å²) < 4.78 is 10.5. The molecule has 0 aromatic heterocycles. The Morgan fingerprint density at radius 2 is 1.86 bits per heavy atom. The van der Waals surface area contributed by atoms with E-state index in [2.05, 4.69) is 0 Å². The maximum atomic E-state index is 12.5. The van der Waals surface area contributed by atoms with Crippen LogP contribution in [0, 0.1) is 10.1 Å². The first-order chi connectivity index (χ1) is 13.9. The standard InChI is InChI=1S/C20H27N3O6/c1-14-4-3-5-15(2)22(14)19(24)13-29-20(25)16-6-7-17(18(12-16)23(26)27)21-8-10-28-11-9-21/h6-7,12,14-15H,3-5,8-11,13H2,1-2H3. The highest BCUT2D eigenvalue weighted by molar-refractivity contribution is 5.93. The quantitative estimate of drug-likeness (QED) is 0.421. The van der Waals surface area contributed by atoms with Crippen molar-refractivity contribution in [3.63, 3.8) is 0 Å². The van der Waals surface area contributed by atoms with Crippen molar-refractivity contribution in [3.8, 4) is 0 Å². The SMILES string of the molecule is CC1CCCC(C)N1C(=O)COC(=O)c1ccc(N2CCOCC2)c([N+](=O)[O-])c1. The van der Waals surface area contributed by atoms with Crippen molar-refractivity contribution in [1.82, 2.24) is 4.90 Å². The van der Waals surface area contributed by atoms with Crippen LogP contribution >= 0.6 is 0 Å². The first-order valence-corrected chi connectivity index (χ1v) is 9.98. The summed E-state index contributed by atoms with van der Waals surface area (Å²) in [5, 5.41) is 11.5. The minimum atomic E-state index is -0.743. The molecule has 2 saturated heterocycles. The van der Waals surface area contributed by atoms with Crippen LogP contribution in [0.4, 0.5) is 11.4 Å². The molecule has 0 radical (unpaired) electrons. The van der Waals surface area contributed by atoms with E-state index in [-0.39, 0.29) is 35.8 Å². The number of nitro groups is 1. The predicted molar refractivity (Wildman–Crippen MR) is 106 cm³/mol. The minimum absolute atomic E-state index is 0.0567. The van der Waals surface area contributed by atoms with Gasteiger partial charge in [0.15, 0.2) is 6.61 Å². The van der Waals surface area contributed by atoms with Gasteiger partial charge in [-0.1, -0.05) is 0 Å². The highest BCUT2D eigenvalue weighted by atomic mass is 16.6. The number of esters is 1. The summed E-state index contributed by atoms with van der Waals surface area (Å²) in [6.45, 7) is 5.70. The van der Waals surface area contributed by atoms with E-state index in [1.165, 1.54) is 12.1 Å². The number of piperidine rings is 1. The lowest BCUT2D eigenvalue weighted by molar-refractivity contribution is -0.384. The molecule has 0 N–H and O–H groups in total. The lowest BCUT2D eigenvalue weighted by atomic mass is 9.97. The topological polar surface area (TPSA) is 102 Å². The molecule has 29 heavy (non-hydrogen) atoms. The second-order valence-corrected chi connectivity index (χ2v) is 7.57. The average molecular weight is 405 g/mol. The van der Waals surface area contributed by atoms with Crippen molar-refractivity contribution in [3.05, 3.63) is 33.9 Å². The maximum Gasteiger partial charge on any atom is 0.338 e. The normalized spacial score (nSPS) is 22.3. The maximum absolute atomic E-state index is 12.5. The summed E-state index contributed by atoms with van der Waals surface area (Å²) in [6, 6.07) is 4.48. The minimum Gasteiger partial charge on any atom is -0.452 e. The molecule has 2 atom stereocenters. The van der Waals surface area contributed by atoms with E-state index in [9.17, 15) is 19.7 Å². The van der Waals surface area contributed by atoms with E-state index in [1.807, 2.05) is 18.7 Å². The molecule has 2 aliphatic rings. The Hall–Kier alpha value is -2.68. The highest BCUT2D eigenvalue weighted by Crippen LogP contribution is 2.30. The fraction of sp³-hybridized carbons (Fsp3) is 0.600. The van der Waals surface area contributed by atoms with Crippen molar-refractivity contribution < 1.29 is 24.0 Å². The van der Waals surface area contributed by atoms with Gasteiger partial charge in [-0.15, -0.1) is 0 Å². The van der Waals surface area contributed by atoms with Crippen LogP contribution in [-0.4, -0.2) is 66.7 Å². The summed E-state index contributed by atoms with van der Waals surface area (Å²) >= 11 is 0. The molecule has 2 aliphatic heterocycles. The van der Waals surface area contributed by atoms with Crippen molar-refractivity contribution >= 4 is 23.3 Å². The monoisotopic (exact) mass is 405 g/mol. The third-order valence-corrected chi connectivity index (χ3v) is 5.57. The summed E-state index contributed by atoms with van der Waals surface area (Å²) in [5.41, 5.74) is 0.342. The number of ether oxygens (including phenoxy) is 2. The van der Waals surface area contributed by atoms with Crippen LogP contribution in [0.1, 0.15) is 43.5 Å². The Balaban J connectivity index is 1.68. The second-order valence-electron chi connectivity index (χ2n) is 7.57. The van der Waals surface area contributed by atoms with E-state index in [0.29, 0.717) is 32.0 Å². The molecule has 158 valence electrons. The highest BCUT2D eigenvalue weighted by Gasteiger charge is 2.30. The van der Waals surface area contributed by atoms with Gasteiger partial charge in [-0.3, -0.25) is 14.9 Å². The average Bonchev–Trinajstić information content (AvgIpc) is 2.72. The fourth-order valence-electron chi connectivity index (χ4n) is 4.07. The summed E-state index contributed by atoms with van der Waals surface area (Å²) in [7, 11) is 0. The fourth-order valence-corrected chi connectivity index (χ4v) is 4.07. The Bertz CT molecular complexity index is 767. The van der Waals surface area contributed by atoms with Gasteiger partial charge >= 0.3 is 5.97 Å². The lowest BCUT2D eigenvalue weighted by Gasteiger charge is -2.38. The molecular formula is C20H27N3O6. The number of hydrogen-bond acceptors (Lipinski definition) is 7. The molecule has 0 saturated carbocycles. The molecule has 2 heterocycles. The number of likely N-dealkylation sites (tertiary alicyclic amines) is 1. The van der Waals surface area contributed by atoms with Crippen molar-refractivity contribution in [2.24, 2.45) is 0 Å². The zero-order chi connectivity index (χ0) is 21.0. The first kappa shape index (κ1) is 21.0. The van der Waals surface area contributed by atoms with Gasteiger partial charge in [0, 0.05) is 31.2 Å². The largest absolute Gasteiger partial charge is 0.452 e. The van der Waals surface area contributed by atoms with Crippen molar-refractivity contribution in [1.29, 1.82) is 0 Å². The van der Waals surface area contributed by atoms with E-state index < -0.39 is 10.9 Å². The lowest BCUT2D eigenvalue weighted by Crippen LogP contribution is -2.49. The van der Waals surface area contributed by atoms with Crippen LogP contribution in [0.15, 0.2) is 18.2 Å². The predicted octanol–water partition coefficient (Wildman–Crippen LogP) is 2.38. The van der Waals surface area contributed by atoms with Gasteiger partial charge in [-0.2, -0.15) is 0 Å². The number of carbonyl (C=O) groups excluding carboxylic acids is 2. The number of benzene rings is 1. The number of anilines is 1. The molecule has 9 nitrogen and oxygen atoms in total. The number of nitro benzene ring substituents is 1. The summed E-state index contributed by atoms with van der Waals surface area (Å²) in [4.78, 5) is 39.6. The molecule has 0 aliphatic carbocycles. The van der Waals surface area contributed by atoms with E-state index >= 15 is 0 Å². The Morgan fingerprint density at radius 1 is 1.21 bits per heavy atom. The summed E-state index contributed by atoms with van der Waals surface area (Å²) in [5.74, 6) is -0.982. The van der Waals surface area contributed by atoms with E-state index in [4.69, 9.17) is 9.47 Å². The van der Waals surface area contributed by atoms with Crippen molar-refractivity contribution in [2.75, 3.05) is 37.8 Å². The zero-order valence-electron chi connectivity index (χ0n) is 16.8. The van der Waals surface area contributed by atoms with Gasteiger partial charge in [-0.25, -0.2) is 4.79 Å². The molecule has 3 rings (SSSR count). The van der Waals surface area contributed by atoms with Crippen LogP contribution in [0.2, 0.25) is 0 Å². The number of nitrogens with zero attached hydrogens (tertiary/aromatic N) is 3. The van der Waals surface area contributed by atoms with Crippen LogP contribution in [0.5, 0.6) is 0 Å². The van der Waals surface area contributed by atoms with E-state index in [1.54, 1.807) is 11.0 Å². The molecule has 1 aromatic carbocycles. The number of amides is 1. The number of morpholine rings is 1. The van der Waals surface area contributed by atoms with E-state index in [0.717, 1.165) is 19.3 Å². The van der Waals surface area contributed by atoms with Crippen LogP contribution in [0.3, 0.4) is 0 Å². The Morgan fingerprint density at radius 3 is 2.48 bits per heavy atom. The molecule has 9 heteroatoms. The third-order valence-electron chi connectivity index (χ3n) is 5.57. The molecule has 2 unspecified atom stereocenters. The molecule has 0 bridgehead atoms. The molecular weight excluding hydrogens is 378 g/mol.